The number of rotatable bonds is 7. The van der Waals surface area contributed by atoms with Gasteiger partial charge in [0.05, 0.1) is 5.75 Å². The Kier molecular flexibility index (Phi) is 5.47. The maximum absolute atomic E-state index is 12.1. The SMILES string of the molecule is O=S(=O)(Cc1ccc(Cl)cc1)NCCc1nnc(-c2ccccc2)o1. The lowest BCUT2D eigenvalue weighted by Crippen LogP contribution is -2.27. The van der Waals surface area contributed by atoms with Gasteiger partial charge >= 0.3 is 0 Å². The van der Waals surface area contributed by atoms with Crippen molar-refractivity contribution in [1.29, 1.82) is 0 Å². The second kappa shape index (κ2) is 7.77. The fraction of sp³-hybridized carbons (Fsp3) is 0.176. The van der Waals surface area contributed by atoms with Crippen LogP contribution in [0.25, 0.3) is 11.5 Å². The quantitative estimate of drug-likeness (QED) is 0.684. The molecule has 0 aliphatic carbocycles. The summed E-state index contributed by atoms with van der Waals surface area (Å²) < 4.78 is 32.3. The van der Waals surface area contributed by atoms with Gasteiger partial charge in [0.15, 0.2) is 0 Å². The lowest BCUT2D eigenvalue weighted by atomic mass is 10.2. The van der Waals surface area contributed by atoms with Gasteiger partial charge < -0.3 is 4.42 Å². The molecule has 0 unspecified atom stereocenters. The van der Waals surface area contributed by atoms with Crippen LogP contribution < -0.4 is 4.72 Å². The molecule has 3 aromatic rings. The first-order valence-corrected chi connectivity index (χ1v) is 9.64. The molecule has 0 saturated heterocycles. The minimum absolute atomic E-state index is 0.108. The number of aromatic nitrogens is 2. The second-order valence-electron chi connectivity index (χ2n) is 5.40. The van der Waals surface area contributed by atoms with Crippen LogP contribution in [0.2, 0.25) is 5.02 Å². The van der Waals surface area contributed by atoms with Crippen LogP contribution in [0.5, 0.6) is 0 Å². The normalized spacial score (nSPS) is 11.6. The van der Waals surface area contributed by atoms with E-state index in [4.69, 9.17) is 16.0 Å². The third-order valence-electron chi connectivity index (χ3n) is 3.42. The highest BCUT2D eigenvalue weighted by atomic mass is 35.5. The summed E-state index contributed by atoms with van der Waals surface area (Å²) in [6, 6.07) is 16.1. The van der Waals surface area contributed by atoms with Crippen molar-refractivity contribution in [3.8, 4) is 11.5 Å². The van der Waals surface area contributed by atoms with Crippen molar-refractivity contribution in [2.24, 2.45) is 0 Å². The van der Waals surface area contributed by atoms with Gasteiger partial charge in [0.1, 0.15) is 0 Å². The Morgan fingerprint density at radius 1 is 1.00 bits per heavy atom. The van der Waals surface area contributed by atoms with E-state index in [0.29, 0.717) is 28.8 Å². The standard InChI is InChI=1S/C17H16ClN3O3S/c18-15-8-6-13(7-9-15)12-25(22,23)19-11-10-16-20-21-17(24-16)14-4-2-1-3-5-14/h1-9,19H,10-12H2. The van der Waals surface area contributed by atoms with Gasteiger partial charge in [-0.1, -0.05) is 41.9 Å². The molecule has 3 rings (SSSR count). The molecule has 0 spiro atoms. The zero-order valence-electron chi connectivity index (χ0n) is 13.2. The Morgan fingerprint density at radius 2 is 1.72 bits per heavy atom. The summed E-state index contributed by atoms with van der Waals surface area (Å²) >= 11 is 5.79. The molecular weight excluding hydrogens is 362 g/mol. The zero-order valence-corrected chi connectivity index (χ0v) is 14.8. The number of nitrogens with one attached hydrogen (secondary N) is 1. The molecule has 0 atom stereocenters. The van der Waals surface area contributed by atoms with E-state index in [1.807, 2.05) is 30.3 Å². The van der Waals surface area contributed by atoms with Gasteiger partial charge in [-0.15, -0.1) is 10.2 Å². The minimum Gasteiger partial charge on any atom is -0.421 e. The topological polar surface area (TPSA) is 85.1 Å². The first-order valence-electron chi connectivity index (χ1n) is 7.61. The highest BCUT2D eigenvalue weighted by Crippen LogP contribution is 2.17. The molecule has 6 nitrogen and oxygen atoms in total. The van der Waals surface area contributed by atoms with E-state index < -0.39 is 10.0 Å². The molecule has 0 bridgehead atoms. The Morgan fingerprint density at radius 3 is 2.44 bits per heavy atom. The summed E-state index contributed by atoms with van der Waals surface area (Å²) in [6.45, 7) is 0.187. The van der Waals surface area contributed by atoms with Gasteiger partial charge in [0.25, 0.3) is 0 Å². The summed E-state index contributed by atoms with van der Waals surface area (Å²) in [5.41, 5.74) is 1.49. The van der Waals surface area contributed by atoms with Gasteiger partial charge in [-0.2, -0.15) is 0 Å². The van der Waals surface area contributed by atoms with Crippen LogP contribution in [-0.2, 0) is 22.2 Å². The second-order valence-corrected chi connectivity index (χ2v) is 7.64. The number of sulfonamides is 1. The highest BCUT2D eigenvalue weighted by Gasteiger charge is 2.13. The number of halogens is 1. The average molecular weight is 378 g/mol. The molecule has 0 fully saturated rings. The fourth-order valence-corrected chi connectivity index (χ4v) is 3.49. The predicted octanol–water partition coefficient (Wildman–Crippen LogP) is 3.05. The van der Waals surface area contributed by atoms with Crippen molar-refractivity contribution in [3.05, 3.63) is 71.1 Å². The molecule has 0 amide bonds. The van der Waals surface area contributed by atoms with Crippen LogP contribution in [0.1, 0.15) is 11.5 Å². The zero-order chi connectivity index (χ0) is 17.7. The van der Waals surface area contributed by atoms with Crippen LogP contribution in [-0.4, -0.2) is 25.2 Å². The predicted molar refractivity (Wildman–Crippen MR) is 95.5 cm³/mol. The van der Waals surface area contributed by atoms with Crippen molar-refractivity contribution in [2.75, 3.05) is 6.54 Å². The van der Waals surface area contributed by atoms with E-state index in [0.717, 1.165) is 5.56 Å². The number of hydrogen-bond donors (Lipinski definition) is 1. The van der Waals surface area contributed by atoms with Crippen LogP contribution in [0.4, 0.5) is 0 Å². The average Bonchev–Trinajstić information content (AvgIpc) is 3.06. The van der Waals surface area contributed by atoms with E-state index in [1.165, 1.54) is 0 Å². The monoisotopic (exact) mass is 377 g/mol. The number of nitrogens with zero attached hydrogens (tertiary/aromatic N) is 2. The van der Waals surface area contributed by atoms with E-state index in [1.54, 1.807) is 24.3 Å². The molecule has 0 radical (unpaired) electrons. The highest BCUT2D eigenvalue weighted by molar-refractivity contribution is 7.88. The van der Waals surface area contributed by atoms with Gasteiger partial charge in [-0.05, 0) is 29.8 Å². The maximum atomic E-state index is 12.1. The summed E-state index contributed by atoms with van der Waals surface area (Å²) in [6.07, 6.45) is 0.319. The molecule has 1 N–H and O–H groups in total. The van der Waals surface area contributed by atoms with Gasteiger partial charge in [-0.3, -0.25) is 0 Å². The van der Waals surface area contributed by atoms with E-state index in [-0.39, 0.29) is 12.3 Å². The van der Waals surface area contributed by atoms with Crippen LogP contribution in [0, 0.1) is 0 Å². The Labute approximate surface area is 150 Å². The molecule has 0 saturated carbocycles. The van der Waals surface area contributed by atoms with Gasteiger partial charge in [-0.25, -0.2) is 13.1 Å². The van der Waals surface area contributed by atoms with Gasteiger partial charge in [0.2, 0.25) is 21.8 Å². The molecule has 0 aliphatic heterocycles. The van der Waals surface area contributed by atoms with E-state index in [9.17, 15) is 8.42 Å². The Bertz CT molecular complexity index is 925. The van der Waals surface area contributed by atoms with Crippen LogP contribution in [0.15, 0.2) is 59.0 Å². The summed E-state index contributed by atoms with van der Waals surface area (Å²) in [5, 5.41) is 8.48. The first kappa shape index (κ1) is 17.6. The summed E-state index contributed by atoms with van der Waals surface area (Å²) in [4.78, 5) is 0. The molecular formula is C17H16ClN3O3S. The Balaban J connectivity index is 1.54. The fourth-order valence-electron chi connectivity index (χ4n) is 2.22. The van der Waals surface area contributed by atoms with E-state index >= 15 is 0 Å². The minimum atomic E-state index is -3.45. The number of hydrogen-bond acceptors (Lipinski definition) is 5. The summed E-state index contributed by atoms with van der Waals surface area (Å²) in [7, 11) is -3.45. The molecule has 0 aliphatic rings. The lowest BCUT2D eigenvalue weighted by molar-refractivity contribution is 0.502. The van der Waals surface area contributed by atoms with Crippen molar-refractivity contribution in [3.63, 3.8) is 0 Å². The third kappa shape index (κ3) is 5.12. The summed E-state index contributed by atoms with van der Waals surface area (Å²) in [5.74, 6) is 0.691. The number of benzene rings is 2. The van der Waals surface area contributed by atoms with Crippen molar-refractivity contribution in [1.82, 2.24) is 14.9 Å². The molecule has 1 aromatic heterocycles. The van der Waals surface area contributed by atoms with Gasteiger partial charge in [0, 0.05) is 23.6 Å². The van der Waals surface area contributed by atoms with Crippen molar-refractivity contribution < 1.29 is 12.8 Å². The lowest BCUT2D eigenvalue weighted by Gasteiger charge is -2.05. The molecule has 8 heteroatoms. The van der Waals surface area contributed by atoms with Crippen molar-refractivity contribution >= 4 is 21.6 Å². The Hall–Kier alpha value is -2.22. The smallest absolute Gasteiger partial charge is 0.247 e. The van der Waals surface area contributed by atoms with E-state index in [2.05, 4.69) is 14.9 Å². The van der Waals surface area contributed by atoms with Crippen molar-refractivity contribution in [2.45, 2.75) is 12.2 Å². The van der Waals surface area contributed by atoms with Crippen LogP contribution in [0.3, 0.4) is 0 Å². The molecule has 1 heterocycles. The first-order chi connectivity index (χ1) is 12.0. The molecule has 2 aromatic carbocycles. The van der Waals surface area contributed by atoms with Crippen LogP contribution >= 0.6 is 11.6 Å². The molecule has 25 heavy (non-hydrogen) atoms. The maximum Gasteiger partial charge on any atom is 0.247 e. The third-order valence-corrected chi connectivity index (χ3v) is 5.03. The molecule has 130 valence electrons. The largest absolute Gasteiger partial charge is 0.421 e.